The fourth-order valence-electron chi connectivity index (χ4n) is 1.96. The molecule has 1 amide bonds. The van der Waals surface area contributed by atoms with Crippen molar-refractivity contribution in [3.05, 3.63) is 58.5 Å². The smallest absolute Gasteiger partial charge is 0.371 e. The highest BCUT2D eigenvalue weighted by Crippen LogP contribution is 2.10. The van der Waals surface area contributed by atoms with Crippen molar-refractivity contribution in [3.8, 4) is 0 Å². The van der Waals surface area contributed by atoms with Crippen LogP contribution >= 0.6 is 0 Å². The third kappa shape index (κ3) is 3.26. The number of benzene rings is 1. The number of hydrogen-bond donors (Lipinski definition) is 2. The summed E-state index contributed by atoms with van der Waals surface area (Å²) in [4.78, 5) is 22.7. The Hall–Kier alpha value is -2.56. The Labute approximate surface area is 116 Å². The van der Waals surface area contributed by atoms with Crippen LogP contribution in [0.5, 0.6) is 0 Å². The van der Waals surface area contributed by atoms with E-state index in [1.165, 1.54) is 12.1 Å². The van der Waals surface area contributed by atoms with Crippen molar-refractivity contribution in [1.29, 1.82) is 0 Å². The number of rotatable bonds is 4. The second kappa shape index (κ2) is 5.61. The lowest BCUT2D eigenvalue weighted by atomic mass is 10.1. The molecule has 0 spiro atoms. The van der Waals surface area contributed by atoms with Gasteiger partial charge < -0.3 is 14.8 Å². The summed E-state index contributed by atoms with van der Waals surface area (Å²) < 4.78 is 5.06. The van der Waals surface area contributed by atoms with Crippen LogP contribution in [0.25, 0.3) is 0 Å². The summed E-state index contributed by atoms with van der Waals surface area (Å²) in [5.41, 5.74) is 2.61. The zero-order chi connectivity index (χ0) is 14.7. The highest BCUT2D eigenvalue weighted by Gasteiger charge is 2.11. The van der Waals surface area contributed by atoms with Crippen molar-refractivity contribution in [2.45, 2.75) is 20.4 Å². The van der Waals surface area contributed by atoms with E-state index in [1.54, 1.807) is 12.1 Å². The van der Waals surface area contributed by atoms with Gasteiger partial charge in [-0.15, -0.1) is 0 Å². The third-order valence-corrected chi connectivity index (χ3v) is 2.78. The second-order valence-corrected chi connectivity index (χ2v) is 4.63. The molecule has 1 aromatic heterocycles. The lowest BCUT2D eigenvalue weighted by Gasteiger charge is -2.05. The van der Waals surface area contributed by atoms with Gasteiger partial charge in [-0.25, -0.2) is 4.79 Å². The van der Waals surface area contributed by atoms with Crippen LogP contribution in [-0.2, 0) is 6.54 Å². The van der Waals surface area contributed by atoms with Gasteiger partial charge in [0, 0.05) is 5.56 Å². The number of aromatic carboxylic acids is 1. The monoisotopic (exact) mass is 273 g/mol. The Bertz CT molecular complexity index is 637. The van der Waals surface area contributed by atoms with Crippen LogP contribution in [0.4, 0.5) is 0 Å². The molecule has 2 N–H and O–H groups in total. The molecule has 0 radical (unpaired) electrons. The van der Waals surface area contributed by atoms with Crippen molar-refractivity contribution in [3.63, 3.8) is 0 Å². The summed E-state index contributed by atoms with van der Waals surface area (Å²) in [7, 11) is 0. The van der Waals surface area contributed by atoms with E-state index < -0.39 is 5.97 Å². The van der Waals surface area contributed by atoms with Gasteiger partial charge in [0.25, 0.3) is 5.91 Å². The van der Waals surface area contributed by atoms with Gasteiger partial charge >= 0.3 is 5.97 Å². The summed E-state index contributed by atoms with van der Waals surface area (Å²) in [5, 5.41) is 11.4. The molecule has 0 bridgehead atoms. The quantitative estimate of drug-likeness (QED) is 0.897. The molecule has 0 saturated heterocycles. The minimum absolute atomic E-state index is 0.138. The topological polar surface area (TPSA) is 79.5 Å². The number of carbonyl (C=O) groups is 2. The second-order valence-electron chi connectivity index (χ2n) is 4.63. The first-order valence-electron chi connectivity index (χ1n) is 6.14. The molecular weight excluding hydrogens is 258 g/mol. The molecule has 104 valence electrons. The van der Waals surface area contributed by atoms with Crippen LogP contribution in [-0.4, -0.2) is 17.0 Å². The largest absolute Gasteiger partial charge is 0.475 e. The van der Waals surface area contributed by atoms with E-state index in [2.05, 4.69) is 5.32 Å². The fourth-order valence-corrected chi connectivity index (χ4v) is 1.96. The van der Waals surface area contributed by atoms with Crippen molar-refractivity contribution in [2.75, 3.05) is 0 Å². The number of nitrogens with one attached hydrogen (secondary N) is 1. The van der Waals surface area contributed by atoms with Gasteiger partial charge in [0.05, 0.1) is 6.54 Å². The molecule has 1 aromatic carbocycles. The number of furan rings is 1. The average Bonchev–Trinajstić information content (AvgIpc) is 2.83. The summed E-state index contributed by atoms with van der Waals surface area (Å²) in [6, 6.07) is 8.48. The van der Waals surface area contributed by atoms with Gasteiger partial charge in [-0.1, -0.05) is 17.2 Å². The van der Waals surface area contributed by atoms with E-state index in [9.17, 15) is 9.59 Å². The van der Waals surface area contributed by atoms with Gasteiger partial charge in [0.15, 0.2) is 0 Å². The summed E-state index contributed by atoms with van der Waals surface area (Å²) in [6.07, 6.45) is 0. The average molecular weight is 273 g/mol. The van der Waals surface area contributed by atoms with Crippen LogP contribution in [0, 0.1) is 13.8 Å². The summed E-state index contributed by atoms with van der Waals surface area (Å²) in [6.45, 7) is 4.00. The van der Waals surface area contributed by atoms with Gasteiger partial charge in [-0.2, -0.15) is 0 Å². The van der Waals surface area contributed by atoms with Gasteiger partial charge in [-0.3, -0.25) is 4.79 Å². The van der Waals surface area contributed by atoms with E-state index in [0.29, 0.717) is 11.3 Å². The zero-order valence-corrected chi connectivity index (χ0v) is 11.3. The third-order valence-electron chi connectivity index (χ3n) is 2.78. The molecule has 5 heteroatoms. The number of carboxylic acid groups (broad SMARTS) is 1. The number of carbonyl (C=O) groups excluding carboxylic acids is 1. The zero-order valence-electron chi connectivity index (χ0n) is 11.3. The van der Waals surface area contributed by atoms with Crippen LogP contribution in [0.1, 0.15) is 37.8 Å². The minimum Gasteiger partial charge on any atom is -0.475 e. The number of aryl methyl sites for hydroxylation is 2. The molecule has 5 nitrogen and oxygen atoms in total. The molecule has 2 aromatic rings. The Morgan fingerprint density at radius 1 is 1.15 bits per heavy atom. The summed E-state index contributed by atoms with van der Waals surface area (Å²) >= 11 is 0. The van der Waals surface area contributed by atoms with Crippen LogP contribution in [0.3, 0.4) is 0 Å². The first-order chi connectivity index (χ1) is 9.45. The van der Waals surface area contributed by atoms with Crippen LogP contribution in [0.2, 0.25) is 0 Å². The fraction of sp³-hybridized carbons (Fsp3) is 0.200. The highest BCUT2D eigenvalue weighted by molar-refractivity contribution is 5.94. The van der Waals surface area contributed by atoms with Crippen molar-refractivity contribution < 1.29 is 19.1 Å². The van der Waals surface area contributed by atoms with Crippen molar-refractivity contribution >= 4 is 11.9 Å². The maximum Gasteiger partial charge on any atom is 0.371 e. The van der Waals surface area contributed by atoms with Gasteiger partial charge in [-0.05, 0) is 38.1 Å². The predicted octanol–water partition coefficient (Wildman–Crippen LogP) is 2.52. The first-order valence-corrected chi connectivity index (χ1v) is 6.14. The minimum atomic E-state index is -1.13. The van der Waals surface area contributed by atoms with Crippen molar-refractivity contribution in [2.24, 2.45) is 0 Å². The molecular formula is C15H15NO4. The first kappa shape index (κ1) is 13.9. The Morgan fingerprint density at radius 3 is 2.35 bits per heavy atom. The van der Waals surface area contributed by atoms with Gasteiger partial charge in [0.1, 0.15) is 5.76 Å². The van der Waals surface area contributed by atoms with E-state index in [4.69, 9.17) is 9.52 Å². The Morgan fingerprint density at radius 2 is 1.80 bits per heavy atom. The van der Waals surface area contributed by atoms with Gasteiger partial charge in [0.2, 0.25) is 5.76 Å². The maximum atomic E-state index is 12.0. The molecule has 0 aliphatic rings. The number of amides is 1. The molecule has 0 saturated carbocycles. The molecule has 0 aliphatic carbocycles. The highest BCUT2D eigenvalue weighted by atomic mass is 16.4. The molecule has 2 rings (SSSR count). The normalized spacial score (nSPS) is 10.3. The maximum absolute atomic E-state index is 12.0. The van der Waals surface area contributed by atoms with Crippen molar-refractivity contribution in [1.82, 2.24) is 5.32 Å². The van der Waals surface area contributed by atoms with Crippen LogP contribution < -0.4 is 5.32 Å². The predicted molar refractivity (Wildman–Crippen MR) is 72.8 cm³/mol. The Balaban J connectivity index is 2.02. The molecule has 20 heavy (non-hydrogen) atoms. The van der Waals surface area contributed by atoms with E-state index in [1.807, 2.05) is 19.9 Å². The Kier molecular flexibility index (Phi) is 3.89. The molecule has 0 aliphatic heterocycles. The number of hydrogen-bond acceptors (Lipinski definition) is 3. The van der Waals surface area contributed by atoms with Crippen LogP contribution in [0.15, 0.2) is 34.7 Å². The standard InChI is InChI=1S/C15H15NO4/c1-9-5-10(2)7-11(6-9)14(17)16-8-12-3-4-13(20-12)15(18)19/h3-7H,8H2,1-2H3,(H,16,17)(H,18,19). The molecule has 0 atom stereocenters. The lowest BCUT2D eigenvalue weighted by molar-refractivity contribution is 0.0660. The summed E-state index contributed by atoms with van der Waals surface area (Å²) in [5.74, 6) is -1.08. The van der Waals surface area contributed by atoms with E-state index in [-0.39, 0.29) is 18.2 Å². The number of carboxylic acids is 1. The molecule has 0 unspecified atom stereocenters. The molecule has 1 heterocycles. The van der Waals surface area contributed by atoms with E-state index >= 15 is 0 Å². The lowest BCUT2D eigenvalue weighted by Crippen LogP contribution is -2.22. The molecule has 0 fully saturated rings. The van der Waals surface area contributed by atoms with E-state index in [0.717, 1.165) is 11.1 Å². The SMILES string of the molecule is Cc1cc(C)cc(C(=O)NCc2ccc(C(=O)O)o2)c1.